The van der Waals surface area contributed by atoms with Crippen molar-refractivity contribution in [2.24, 2.45) is 0 Å². The lowest BCUT2D eigenvalue weighted by Gasteiger charge is -2.33. The van der Waals surface area contributed by atoms with Crippen LogP contribution in [0.3, 0.4) is 0 Å². The van der Waals surface area contributed by atoms with Crippen LogP contribution in [0.15, 0.2) is 30.5 Å². The summed E-state index contributed by atoms with van der Waals surface area (Å²) in [5.74, 6) is 0.797. The summed E-state index contributed by atoms with van der Waals surface area (Å²) in [6.07, 6.45) is 1.61. The quantitative estimate of drug-likeness (QED) is 0.808. The van der Waals surface area contributed by atoms with Gasteiger partial charge in [0.05, 0.1) is 0 Å². The van der Waals surface area contributed by atoms with Crippen molar-refractivity contribution in [2.45, 2.75) is 13.8 Å². The molecule has 0 atom stereocenters. The van der Waals surface area contributed by atoms with E-state index in [-0.39, 0.29) is 11.7 Å². The van der Waals surface area contributed by atoms with Crippen molar-refractivity contribution in [1.29, 1.82) is 0 Å². The number of nitrogens with zero attached hydrogens (tertiary/aromatic N) is 5. The zero-order valence-corrected chi connectivity index (χ0v) is 16.2. The summed E-state index contributed by atoms with van der Waals surface area (Å²) in [6, 6.07) is 6.08. The van der Waals surface area contributed by atoms with Gasteiger partial charge in [-0.15, -0.1) is 0 Å². The second-order valence-electron chi connectivity index (χ2n) is 6.71. The van der Waals surface area contributed by atoms with Crippen molar-refractivity contribution in [1.82, 2.24) is 19.8 Å². The van der Waals surface area contributed by atoms with Crippen LogP contribution in [0.25, 0.3) is 11.4 Å². The van der Waals surface area contributed by atoms with Gasteiger partial charge < -0.3 is 14.7 Å². The molecule has 2 aromatic rings. The smallest absolute Gasteiger partial charge is 0.259 e. The highest BCUT2D eigenvalue weighted by Gasteiger charge is 2.25. The lowest BCUT2D eigenvalue weighted by molar-refractivity contribution is 0.0664. The zero-order chi connectivity index (χ0) is 19.4. The van der Waals surface area contributed by atoms with E-state index in [0.29, 0.717) is 30.3 Å². The van der Waals surface area contributed by atoms with Gasteiger partial charge in [0.1, 0.15) is 17.2 Å². The highest BCUT2D eigenvalue weighted by atomic mass is 19.1. The van der Waals surface area contributed by atoms with Crippen molar-refractivity contribution in [3.05, 3.63) is 41.8 Å². The van der Waals surface area contributed by atoms with Crippen molar-refractivity contribution < 1.29 is 9.18 Å². The maximum atomic E-state index is 13.2. The van der Waals surface area contributed by atoms with Gasteiger partial charge >= 0.3 is 0 Å². The predicted octanol–water partition coefficient (Wildman–Crippen LogP) is 2.52. The van der Waals surface area contributed by atoms with E-state index in [1.54, 1.807) is 18.3 Å². The number of carbonyl (C=O) groups excluding carboxylic acids is 1. The van der Waals surface area contributed by atoms with E-state index >= 15 is 0 Å². The first-order valence-corrected chi connectivity index (χ1v) is 9.39. The molecule has 1 aromatic carbocycles. The van der Waals surface area contributed by atoms with E-state index in [9.17, 15) is 9.18 Å². The summed E-state index contributed by atoms with van der Waals surface area (Å²) in [6.45, 7) is 8.67. The Hall–Kier alpha value is -2.54. The Morgan fingerprint density at radius 3 is 2.33 bits per heavy atom. The lowest BCUT2D eigenvalue weighted by Crippen LogP contribution is -2.47. The summed E-state index contributed by atoms with van der Waals surface area (Å²) in [5.41, 5.74) is 1.25. The maximum absolute atomic E-state index is 13.2. The largest absolute Gasteiger partial charge is 0.356 e. The fourth-order valence-corrected chi connectivity index (χ4v) is 3.21. The molecule has 3 rings (SSSR count). The van der Waals surface area contributed by atoms with Crippen LogP contribution in [-0.2, 0) is 0 Å². The van der Waals surface area contributed by atoms with E-state index in [2.05, 4.69) is 26.8 Å². The molecular formula is C20H26FN5O. The number of piperazine rings is 1. The predicted molar refractivity (Wildman–Crippen MR) is 104 cm³/mol. The molecule has 2 heterocycles. The fourth-order valence-electron chi connectivity index (χ4n) is 3.21. The number of carbonyl (C=O) groups is 1. The van der Waals surface area contributed by atoms with Crippen molar-refractivity contribution in [3.63, 3.8) is 0 Å². The Bertz CT molecular complexity index is 783. The van der Waals surface area contributed by atoms with Crippen LogP contribution in [0.2, 0.25) is 0 Å². The van der Waals surface area contributed by atoms with E-state index in [1.807, 2.05) is 18.7 Å². The average molecular weight is 371 g/mol. The molecule has 1 fully saturated rings. The summed E-state index contributed by atoms with van der Waals surface area (Å²) in [4.78, 5) is 28.3. The molecule has 0 aliphatic carbocycles. The van der Waals surface area contributed by atoms with E-state index in [4.69, 9.17) is 0 Å². The molecule has 1 amide bonds. The maximum Gasteiger partial charge on any atom is 0.259 e. The molecular weight excluding hydrogens is 345 g/mol. The molecule has 0 bridgehead atoms. The molecule has 0 unspecified atom stereocenters. The van der Waals surface area contributed by atoms with E-state index in [0.717, 1.165) is 31.7 Å². The molecule has 144 valence electrons. The van der Waals surface area contributed by atoms with Gasteiger partial charge in [-0.3, -0.25) is 4.79 Å². The van der Waals surface area contributed by atoms with Gasteiger partial charge in [0, 0.05) is 51.0 Å². The first-order valence-electron chi connectivity index (χ1n) is 9.39. The number of benzene rings is 1. The SMILES string of the molecule is CCN(CC)c1nc(-c2ccc(F)cc2)ncc1C(=O)N1CCN(C)CC1. The van der Waals surface area contributed by atoms with E-state index in [1.165, 1.54) is 12.1 Å². The first-order chi connectivity index (χ1) is 13.0. The van der Waals surface area contributed by atoms with Crippen molar-refractivity contribution in [3.8, 4) is 11.4 Å². The monoisotopic (exact) mass is 371 g/mol. The minimum atomic E-state index is -0.301. The van der Waals surface area contributed by atoms with Gasteiger partial charge in [-0.25, -0.2) is 14.4 Å². The van der Waals surface area contributed by atoms with Crippen LogP contribution in [0.5, 0.6) is 0 Å². The molecule has 0 spiro atoms. The number of hydrogen-bond donors (Lipinski definition) is 0. The molecule has 27 heavy (non-hydrogen) atoms. The summed E-state index contributed by atoms with van der Waals surface area (Å²) in [7, 11) is 2.06. The molecule has 1 aromatic heterocycles. The Labute approximate surface area is 159 Å². The average Bonchev–Trinajstić information content (AvgIpc) is 2.69. The van der Waals surface area contributed by atoms with Gasteiger partial charge in [0.25, 0.3) is 5.91 Å². The molecule has 0 saturated carbocycles. The number of hydrogen-bond acceptors (Lipinski definition) is 5. The van der Waals surface area contributed by atoms with Crippen LogP contribution >= 0.6 is 0 Å². The van der Waals surface area contributed by atoms with Crippen LogP contribution < -0.4 is 4.90 Å². The molecule has 1 saturated heterocycles. The third kappa shape index (κ3) is 4.24. The Morgan fingerprint density at radius 2 is 1.74 bits per heavy atom. The molecule has 1 aliphatic heterocycles. The molecule has 7 heteroatoms. The third-order valence-electron chi connectivity index (χ3n) is 4.95. The normalized spacial score (nSPS) is 15.0. The standard InChI is InChI=1S/C20H26FN5O/c1-4-25(5-2)19-17(20(27)26-12-10-24(3)11-13-26)14-22-18(23-19)15-6-8-16(21)9-7-15/h6-9,14H,4-5,10-13H2,1-3H3. The van der Waals surface area contributed by atoms with Crippen LogP contribution in [-0.4, -0.2) is 72.0 Å². The zero-order valence-electron chi connectivity index (χ0n) is 16.2. The second-order valence-corrected chi connectivity index (χ2v) is 6.71. The summed E-state index contributed by atoms with van der Waals surface area (Å²) >= 11 is 0. The number of rotatable bonds is 5. The van der Waals surface area contributed by atoms with Gasteiger partial charge in [-0.2, -0.15) is 0 Å². The molecule has 0 N–H and O–H groups in total. The Morgan fingerprint density at radius 1 is 1.11 bits per heavy atom. The second kappa shape index (κ2) is 8.43. The van der Waals surface area contributed by atoms with Crippen LogP contribution in [0.4, 0.5) is 10.2 Å². The summed E-state index contributed by atoms with van der Waals surface area (Å²) in [5, 5.41) is 0. The number of aromatic nitrogens is 2. The van der Waals surface area contributed by atoms with Crippen LogP contribution in [0, 0.1) is 5.82 Å². The number of halogens is 1. The first kappa shape index (κ1) is 19.2. The lowest BCUT2D eigenvalue weighted by atomic mass is 10.1. The Balaban J connectivity index is 1.97. The minimum absolute atomic E-state index is 0.0318. The molecule has 1 aliphatic rings. The van der Waals surface area contributed by atoms with Gasteiger partial charge in [-0.05, 0) is 45.2 Å². The number of amides is 1. The number of anilines is 1. The van der Waals surface area contributed by atoms with Gasteiger partial charge in [0.2, 0.25) is 0 Å². The molecule has 0 radical (unpaired) electrons. The molecule has 6 nitrogen and oxygen atoms in total. The highest BCUT2D eigenvalue weighted by molar-refractivity contribution is 5.99. The van der Waals surface area contributed by atoms with E-state index < -0.39 is 0 Å². The van der Waals surface area contributed by atoms with Gasteiger partial charge in [0.15, 0.2) is 5.82 Å². The van der Waals surface area contributed by atoms with Crippen LogP contribution in [0.1, 0.15) is 24.2 Å². The summed E-state index contributed by atoms with van der Waals surface area (Å²) < 4.78 is 13.2. The fraction of sp³-hybridized carbons (Fsp3) is 0.450. The minimum Gasteiger partial charge on any atom is -0.356 e. The van der Waals surface area contributed by atoms with Gasteiger partial charge in [-0.1, -0.05) is 0 Å². The van der Waals surface area contributed by atoms with Crippen molar-refractivity contribution >= 4 is 11.7 Å². The third-order valence-corrected chi connectivity index (χ3v) is 4.95. The topological polar surface area (TPSA) is 52.6 Å². The van der Waals surface area contributed by atoms with Crippen molar-refractivity contribution in [2.75, 3.05) is 51.2 Å². The Kier molecular flexibility index (Phi) is 6.01. The number of likely N-dealkylation sites (N-methyl/N-ethyl adjacent to an activating group) is 1. The highest BCUT2D eigenvalue weighted by Crippen LogP contribution is 2.24.